The third-order valence-electron chi connectivity index (χ3n) is 2.51. The average molecular weight is 339 g/mol. The van der Waals surface area contributed by atoms with Crippen LogP contribution in [0.4, 0.5) is 15.6 Å². The molecule has 1 heterocycles. The standard InChI is InChI=1S/C14H17N3O3S2/c1-14(2,3)20-13(18)17(11-15-16-12(21)22-11)9-6-5-7-10(8-9)19-4/h5-8H,1-4H3,(H,16,21). The molecule has 0 aliphatic carbocycles. The lowest BCUT2D eigenvalue weighted by Gasteiger charge is -2.25. The number of ether oxygens (including phenoxy) is 2. The Hall–Kier alpha value is -1.93. The molecule has 0 aliphatic heterocycles. The Labute approximate surface area is 137 Å². The molecule has 22 heavy (non-hydrogen) atoms. The first-order valence-corrected chi connectivity index (χ1v) is 7.75. The van der Waals surface area contributed by atoms with Gasteiger partial charge in [-0.15, -0.1) is 5.10 Å². The van der Waals surface area contributed by atoms with E-state index in [1.54, 1.807) is 52.1 Å². The van der Waals surface area contributed by atoms with E-state index in [0.29, 0.717) is 20.5 Å². The van der Waals surface area contributed by atoms with Crippen LogP contribution in [0.1, 0.15) is 20.8 Å². The molecule has 2 aromatic rings. The van der Waals surface area contributed by atoms with Crippen molar-refractivity contribution in [3.63, 3.8) is 0 Å². The van der Waals surface area contributed by atoms with E-state index in [1.165, 1.54) is 16.2 Å². The van der Waals surface area contributed by atoms with Gasteiger partial charge in [0, 0.05) is 6.07 Å². The van der Waals surface area contributed by atoms with E-state index in [4.69, 9.17) is 21.7 Å². The summed E-state index contributed by atoms with van der Waals surface area (Å²) in [5, 5.41) is 7.15. The van der Waals surface area contributed by atoms with Crippen LogP contribution < -0.4 is 9.64 Å². The highest BCUT2D eigenvalue weighted by molar-refractivity contribution is 7.73. The van der Waals surface area contributed by atoms with Gasteiger partial charge in [0.2, 0.25) is 5.13 Å². The molecule has 2 rings (SSSR count). The van der Waals surface area contributed by atoms with Gasteiger partial charge in [0.1, 0.15) is 11.4 Å². The summed E-state index contributed by atoms with van der Waals surface area (Å²) in [6.45, 7) is 5.42. The van der Waals surface area contributed by atoms with Crippen molar-refractivity contribution in [2.24, 2.45) is 0 Å². The van der Waals surface area contributed by atoms with Gasteiger partial charge in [-0.25, -0.2) is 9.69 Å². The molecule has 8 heteroatoms. The third-order valence-corrected chi connectivity index (χ3v) is 3.58. The topological polar surface area (TPSA) is 67.4 Å². The number of methoxy groups -OCH3 is 1. The van der Waals surface area contributed by atoms with Gasteiger partial charge in [-0.3, -0.25) is 5.10 Å². The molecule has 0 saturated heterocycles. The number of anilines is 2. The van der Waals surface area contributed by atoms with Crippen molar-refractivity contribution in [1.29, 1.82) is 0 Å². The Bertz CT molecular complexity index is 718. The molecule has 1 N–H and O–H groups in total. The monoisotopic (exact) mass is 339 g/mol. The van der Waals surface area contributed by atoms with Gasteiger partial charge >= 0.3 is 6.09 Å². The maximum absolute atomic E-state index is 12.6. The number of H-pyrrole nitrogens is 1. The Morgan fingerprint density at radius 1 is 1.41 bits per heavy atom. The van der Waals surface area contributed by atoms with E-state index < -0.39 is 11.7 Å². The molecule has 1 aromatic heterocycles. The summed E-state index contributed by atoms with van der Waals surface area (Å²) in [5.74, 6) is 0.630. The van der Waals surface area contributed by atoms with Crippen molar-refractivity contribution >= 4 is 40.5 Å². The summed E-state index contributed by atoms with van der Waals surface area (Å²) in [5.41, 5.74) is -0.0299. The zero-order valence-corrected chi connectivity index (χ0v) is 14.4. The van der Waals surface area contributed by atoms with E-state index in [9.17, 15) is 4.79 Å². The normalized spacial score (nSPS) is 11.1. The van der Waals surface area contributed by atoms with Crippen molar-refractivity contribution < 1.29 is 14.3 Å². The van der Waals surface area contributed by atoms with Crippen LogP contribution >= 0.6 is 23.6 Å². The molecule has 0 bridgehead atoms. The summed E-state index contributed by atoms with van der Waals surface area (Å²) in [4.78, 5) is 13.9. The molecule has 118 valence electrons. The van der Waals surface area contributed by atoms with Crippen LogP contribution in [0.2, 0.25) is 0 Å². The molecule has 0 aliphatic rings. The van der Waals surface area contributed by atoms with E-state index in [0.717, 1.165) is 0 Å². The molecule has 0 atom stereocenters. The van der Waals surface area contributed by atoms with Crippen molar-refractivity contribution in [3.8, 4) is 5.75 Å². The maximum atomic E-state index is 12.6. The molecule has 0 saturated carbocycles. The largest absolute Gasteiger partial charge is 0.497 e. The van der Waals surface area contributed by atoms with Gasteiger partial charge in [0.15, 0.2) is 3.95 Å². The highest BCUT2D eigenvalue weighted by Gasteiger charge is 2.27. The number of carbonyl (C=O) groups is 1. The highest BCUT2D eigenvalue weighted by atomic mass is 32.1. The second-order valence-corrected chi connectivity index (χ2v) is 7.06. The number of aromatic amines is 1. The second kappa shape index (κ2) is 6.45. The van der Waals surface area contributed by atoms with Crippen LogP contribution in [0.25, 0.3) is 0 Å². The number of aromatic nitrogens is 2. The van der Waals surface area contributed by atoms with Gasteiger partial charge in [0.25, 0.3) is 0 Å². The van der Waals surface area contributed by atoms with Crippen LogP contribution in [0, 0.1) is 3.95 Å². The van der Waals surface area contributed by atoms with E-state index in [2.05, 4.69) is 10.2 Å². The van der Waals surface area contributed by atoms with Crippen molar-refractivity contribution in [2.45, 2.75) is 26.4 Å². The minimum atomic E-state index is -0.619. The van der Waals surface area contributed by atoms with Crippen LogP contribution in [0.3, 0.4) is 0 Å². The van der Waals surface area contributed by atoms with Crippen LogP contribution in [-0.2, 0) is 4.74 Å². The molecule has 0 unspecified atom stereocenters. The lowest BCUT2D eigenvalue weighted by Crippen LogP contribution is -2.33. The summed E-state index contributed by atoms with van der Waals surface area (Å²) in [6.07, 6.45) is -0.529. The number of rotatable bonds is 3. The Morgan fingerprint density at radius 3 is 2.68 bits per heavy atom. The van der Waals surface area contributed by atoms with Gasteiger partial charge in [-0.1, -0.05) is 17.4 Å². The van der Waals surface area contributed by atoms with Gasteiger partial charge in [0.05, 0.1) is 12.8 Å². The fourth-order valence-corrected chi connectivity index (χ4v) is 2.56. The maximum Gasteiger partial charge on any atom is 0.421 e. The van der Waals surface area contributed by atoms with Gasteiger partial charge in [-0.2, -0.15) is 0 Å². The Morgan fingerprint density at radius 2 is 2.14 bits per heavy atom. The van der Waals surface area contributed by atoms with Gasteiger partial charge in [-0.05, 0) is 45.1 Å². The number of hydrogen-bond acceptors (Lipinski definition) is 6. The summed E-state index contributed by atoms with van der Waals surface area (Å²) in [7, 11) is 1.56. The summed E-state index contributed by atoms with van der Waals surface area (Å²) in [6, 6.07) is 7.09. The first-order chi connectivity index (χ1) is 10.3. The first-order valence-electron chi connectivity index (χ1n) is 6.53. The van der Waals surface area contributed by atoms with Crippen molar-refractivity contribution in [3.05, 3.63) is 28.2 Å². The SMILES string of the molecule is COc1cccc(N(C(=O)OC(C)(C)C)c2n[nH]c(=S)s2)c1. The van der Waals surface area contributed by atoms with Crippen LogP contribution in [-0.4, -0.2) is 29.0 Å². The molecule has 1 amide bonds. The van der Waals surface area contributed by atoms with Gasteiger partial charge < -0.3 is 9.47 Å². The van der Waals surface area contributed by atoms with Crippen molar-refractivity contribution in [2.75, 3.05) is 12.0 Å². The third kappa shape index (κ3) is 4.05. The Kier molecular flexibility index (Phi) is 4.82. The lowest BCUT2D eigenvalue weighted by atomic mass is 10.2. The predicted molar refractivity (Wildman–Crippen MR) is 88.7 cm³/mol. The number of carbonyl (C=O) groups excluding carboxylic acids is 1. The summed E-state index contributed by atoms with van der Waals surface area (Å²) >= 11 is 6.23. The second-order valence-electron chi connectivity index (χ2n) is 5.41. The Balaban J connectivity index is 2.45. The smallest absolute Gasteiger partial charge is 0.421 e. The highest BCUT2D eigenvalue weighted by Crippen LogP contribution is 2.31. The number of nitrogens with one attached hydrogen (secondary N) is 1. The molecule has 0 fully saturated rings. The van der Waals surface area contributed by atoms with E-state index in [1.807, 2.05) is 0 Å². The average Bonchev–Trinajstić information content (AvgIpc) is 2.83. The zero-order chi connectivity index (χ0) is 16.3. The summed E-state index contributed by atoms with van der Waals surface area (Å²) < 4.78 is 11.1. The molecule has 1 aromatic carbocycles. The minimum absolute atomic E-state index is 0.410. The fraction of sp³-hybridized carbons (Fsp3) is 0.357. The fourth-order valence-electron chi connectivity index (χ4n) is 1.67. The molecular formula is C14H17N3O3S2. The zero-order valence-electron chi connectivity index (χ0n) is 12.7. The minimum Gasteiger partial charge on any atom is -0.497 e. The van der Waals surface area contributed by atoms with E-state index >= 15 is 0 Å². The number of hydrogen-bond donors (Lipinski definition) is 1. The van der Waals surface area contributed by atoms with E-state index in [-0.39, 0.29) is 0 Å². The van der Waals surface area contributed by atoms with Crippen molar-refractivity contribution in [1.82, 2.24) is 10.2 Å². The predicted octanol–water partition coefficient (Wildman–Crippen LogP) is 4.28. The van der Waals surface area contributed by atoms with Crippen LogP contribution in [0.15, 0.2) is 24.3 Å². The molecule has 0 radical (unpaired) electrons. The quantitative estimate of drug-likeness (QED) is 0.845. The molecule has 0 spiro atoms. The molecular weight excluding hydrogens is 322 g/mol. The number of amides is 1. The first kappa shape index (κ1) is 16.4. The molecule has 6 nitrogen and oxygen atoms in total. The number of nitrogens with zero attached hydrogens (tertiary/aromatic N) is 2. The number of benzene rings is 1. The lowest BCUT2D eigenvalue weighted by molar-refractivity contribution is 0.0599. The van der Waals surface area contributed by atoms with Crippen LogP contribution in [0.5, 0.6) is 5.75 Å².